The van der Waals surface area contributed by atoms with Gasteiger partial charge in [0, 0.05) is 75.2 Å². The largest absolute Gasteiger partial charge is 1.00 e. The van der Waals surface area contributed by atoms with Gasteiger partial charge in [-0.1, -0.05) is 0 Å². The van der Waals surface area contributed by atoms with Crippen LogP contribution >= 0.6 is 0 Å². The molecule has 0 atom stereocenters. The first-order chi connectivity index (χ1) is 14.6. The van der Waals surface area contributed by atoms with Crippen molar-refractivity contribution >= 4 is 0 Å². The van der Waals surface area contributed by atoms with Crippen molar-refractivity contribution in [3.63, 3.8) is 0 Å². The molecule has 3 aliphatic heterocycles. The Bertz CT molecular complexity index is 134. The Balaban J connectivity index is -0.0000000362. The van der Waals surface area contributed by atoms with Crippen LogP contribution in [0.5, 0.6) is 0 Å². The number of hydrogen-bond donors (Lipinski definition) is 0. The molecule has 16 radical (unpaired) electrons. The van der Waals surface area contributed by atoms with Crippen molar-refractivity contribution in [1.82, 2.24) is 0 Å². The van der Waals surface area contributed by atoms with Crippen LogP contribution in [-0.2, 0) is 14.2 Å². The topological polar surface area (TPSA) is 27.7 Å². The molecule has 178 valence electrons. The van der Waals surface area contributed by atoms with E-state index in [1.54, 1.807) is 0 Å². The Labute approximate surface area is 264 Å². The average Bonchev–Trinajstić information content (AvgIpc) is 3.54. The van der Waals surface area contributed by atoms with Crippen molar-refractivity contribution in [2.45, 2.75) is 38.5 Å². The van der Waals surface area contributed by atoms with Gasteiger partial charge in [0.25, 0.3) is 0 Å². The van der Waals surface area contributed by atoms with Gasteiger partial charge < -0.3 is 14.2 Å². The Hall–Kier alpha value is 2.27. The first-order valence-corrected chi connectivity index (χ1v) is 10.3. The van der Waals surface area contributed by atoms with Crippen molar-refractivity contribution in [2.24, 2.45) is 0 Å². The molecule has 6 heteroatoms. The summed E-state index contributed by atoms with van der Waals surface area (Å²) in [6.45, 7) is 38.5. The fourth-order valence-corrected chi connectivity index (χ4v) is 1.53. The number of ether oxygens (including phenoxy) is 3. The van der Waals surface area contributed by atoms with Crippen LogP contribution in [0.25, 0.3) is 0 Å². The van der Waals surface area contributed by atoms with E-state index in [1.807, 2.05) is 0 Å². The predicted octanol–water partition coefficient (Wildman–Crippen LogP) is 0.693. The van der Waals surface area contributed by atoms with Gasteiger partial charge >= 0.3 is 37.7 Å². The molecule has 3 aliphatic rings. The number of hydrogen-bond acceptors (Lipinski definition) is 3. The van der Waals surface area contributed by atoms with Gasteiger partial charge in [0.1, 0.15) is 0 Å². The third-order valence-corrected chi connectivity index (χ3v) is 2.48. The fourth-order valence-electron chi connectivity index (χ4n) is 1.53. The second-order valence-electron chi connectivity index (χ2n) is 5.40. The molecule has 0 saturated carbocycles. The molecule has 0 aromatic heterocycles. The van der Waals surface area contributed by atoms with E-state index >= 15 is 0 Å². The Morgan fingerprint density at radius 3 is 0.455 bits per heavy atom. The van der Waals surface area contributed by atoms with Crippen molar-refractivity contribution in [3.8, 4) is 0 Å². The van der Waals surface area contributed by atoms with E-state index in [0.717, 1.165) is 39.6 Å². The van der Waals surface area contributed by atoms with Crippen molar-refractivity contribution < 1.29 is 87.5 Å². The van der Waals surface area contributed by atoms with Crippen LogP contribution in [0.4, 0.5) is 0 Å². The maximum Gasteiger partial charge on any atom is 1.00 e. The van der Waals surface area contributed by atoms with E-state index in [4.69, 9.17) is 14.2 Å². The van der Waals surface area contributed by atoms with Crippen LogP contribution < -0.4 is 37.7 Å². The van der Waals surface area contributed by atoms with Gasteiger partial charge in [-0.25, -0.2) is 0 Å². The summed E-state index contributed by atoms with van der Waals surface area (Å²) < 4.78 is 14.8. The zero-order valence-corrected chi connectivity index (χ0v) is 25.9. The first kappa shape index (κ1) is 55.7. The second-order valence-corrected chi connectivity index (χ2v) is 5.40. The van der Waals surface area contributed by atoms with Crippen molar-refractivity contribution in [2.75, 3.05) is 39.6 Å². The summed E-state index contributed by atoms with van der Waals surface area (Å²) in [5, 5.41) is 0. The van der Waals surface area contributed by atoms with E-state index in [2.05, 4.69) is 69.2 Å². The molecule has 0 spiro atoms. The van der Waals surface area contributed by atoms with E-state index in [1.165, 1.54) is 70.6 Å². The van der Waals surface area contributed by atoms with Crippen LogP contribution in [-0.4, -0.2) is 39.6 Å². The summed E-state index contributed by atoms with van der Waals surface area (Å²) in [6.07, 6.45) is 15.2. The van der Waals surface area contributed by atoms with E-state index < -0.39 is 0 Å². The van der Waals surface area contributed by atoms with Crippen molar-refractivity contribution in [1.29, 1.82) is 0 Å². The quantitative estimate of drug-likeness (QED) is 0.399. The van der Waals surface area contributed by atoms with Crippen LogP contribution in [0, 0.1) is 137 Å². The van der Waals surface area contributed by atoms with Gasteiger partial charge in [0.2, 0.25) is 0 Å². The third-order valence-electron chi connectivity index (χ3n) is 2.48. The molecular formula is C27H49LaLi2O3+2. The van der Waals surface area contributed by atoms with Gasteiger partial charge in [-0.15, -0.1) is 0 Å². The molecule has 3 heterocycles. The van der Waals surface area contributed by atoms with Gasteiger partial charge in [0.15, 0.2) is 0 Å². The zero-order valence-electron chi connectivity index (χ0n) is 22.2. The third kappa shape index (κ3) is 120. The molecule has 33 heavy (non-hydrogen) atoms. The van der Waals surface area contributed by atoms with Gasteiger partial charge in [-0.2, -0.15) is 0 Å². The summed E-state index contributed by atoms with van der Waals surface area (Å²) in [7, 11) is 0. The van der Waals surface area contributed by atoms with Crippen LogP contribution in [0.15, 0.2) is 0 Å². The molecule has 0 unspecified atom stereocenters. The smallest absolute Gasteiger partial charge is 0.381 e. The molecule has 3 fully saturated rings. The standard InChI is InChI=1S/3C4H8O.5C3H5.La.2Li/c3*1-2-4-5-3-1;5*1-3-2;;;/h3*1-4H2;5*3H,1-2H2;;;/q;;;;;;;;;2*+1. The van der Waals surface area contributed by atoms with Crippen molar-refractivity contribution in [3.05, 3.63) is 101 Å². The average molecular weight is 574 g/mol. The molecule has 0 N–H and O–H groups in total. The van der Waals surface area contributed by atoms with E-state index in [-0.39, 0.29) is 73.3 Å². The van der Waals surface area contributed by atoms with E-state index in [0.29, 0.717) is 0 Å². The minimum Gasteiger partial charge on any atom is -0.381 e. The minimum absolute atomic E-state index is 0. The molecule has 0 amide bonds. The van der Waals surface area contributed by atoms with Crippen LogP contribution in [0.2, 0.25) is 0 Å². The van der Waals surface area contributed by atoms with Crippen LogP contribution in [0.3, 0.4) is 0 Å². The van der Waals surface area contributed by atoms with Crippen LogP contribution in [0.1, 0.15) is 38.5 Å². The summed E-state index contributed by atoms with van der Waals surface area (Å²) in [5.41, 5.74) is 0. The molecule has 3 nitrogen and oxygen atoms in total. The summed E-state index contributed by atoms with van der Waals surface area (Å²) in [5.74, 6) is 0. The fraction of sp³-hybridized carbons (Fsp3) is 0.444. The Morgan fingerprint density at radius 2 is 0.424 bits per heavy atom. The Kier molecular flexibility index (Phi) is 129. The minimum atomic E-state index is 0. The summed E-state index contributed by atoms with van der Waals surface area (Å²) in [6, 6.07) is 0. The van der Waals surface area contributed by atoms with Gasteiger partial charge in [-0.3, -0.25) is 0 Å². The van der Waals surface area contributed by atoms with Gasteiger partial charge in [0.05, 0.1) is 0 Å². The van der Waals surface area contributed by atoms with E-state index in [9.17, 15) is 0 Å². The summed E-state index contributed by atoms with van der Waals surface area (Å²) >= 11 is 0. The maximum atomic E-state index is 4.94. The Morgan fingerprint density at radius 1 is 0.333 bits per heavy atom. The molecule has 0 aliphatic carbocycles. The molecule has 3 rings (SSSR count). The zero-order chi connectivity index (χ0) is 24.1. The molecule has 0 aromatic carbocycles. The molecule has 3 saturated heterocycles. The maximum absolute atomic E-state index is 4.94. The SMILES string of the molecule is C1CCOC1.C1CCOC1.C1CCOC1.[CH2][CH][CH2].[CH2][CH][CH2].[CH2][CH][CH2].[CH2][CH][CH2].[CH2][CH][CH2].[La].[Li+].[Li+]. The van der Waals surface area contributed by atoms with Gasteiger partial charge in [-0.05, 0) is 140 Å². The molecule has 0 aromatic rings. The molecule has 0 bridgehead atoms. The summed E-state index contributed by atoms with van der Waals surface area (Å²) in [4.78, 5) is 0. The second kappa shape index (κ2) is 76.5. The normalized spacial score (nSPS) is 13.6. The molecular weight excluding hydrogens is 525 g/mol. The monoisotopic (exact) mass is 574 g/mol. The predicted molar refractivity (Wildman–Crippen MR) is 135 cm³/mol. The number of rotatable bonds is 0. The first-order valence-electron chi connectivity index (χ1n) is 10.3.